The van der Waals surface area contributed by atoms with Crippen molar-refractivity contribution < 1.29 is 14.7 Å². The number of fused-ring (bicyclic) bond motifs is 2. The largest absolute Gasteiger partial charge is 0.478 e. The quantitative estimate of drug-likeness (QED) is 0.532. The molecule has 8 heteroatoms. The lowest BCUT2D eigenvalue weighted by Crippen LogP contribution is -2.13. The minimum Gasteiger partial charge on any atom is -0.478 e. The Bertz CT molecular complexity index is 1140. The topological polar surface area (TPSA) is 112 Å². The molecule has 1 amide bonds. The van der Waals surface area contributed by atoms with Crippen LogP contribution in [0.5, 0.6) is 0 Å². The van der Waals surface area contributed by atoms with Gasteiger partial charge in [-0.05, 0) is 30.7 Å². The van der Waals surface area contributed by atoms with Crippen LogP contribution in [0.1, 0.15) is 26.4 Å². The van der Waals surface area contributed by atoms with E-state index in [4.69, 9.17) is 0 Å². The van der Waals surface area contributed by atoms with E-state index in [0.717, 1.165) is 5.56 Å². The number of carbonyl (C=O) groups is 2. The van der Waals surface area contributed by atoms with Crippen LogP contribution in [0.2, 0.25) is 0 Å². The monoisotopic (exact) mass is 335 g/mol. The van der Waals surface area contributed by atoms with Crippen LogP contribution in [0, 0.1) is 6.92 Å². The number of hydrogen-bond acceptors (Lipinski definition) is 4. The summed E-state index contributed by atoms with van der Waals surface area (Å²) in [4.78, 5) is 35.1. The van der Waals surface area contributed by atoms with E-state index in [-0.39, 0.29) is 22.7 Å². The van der Waals surface area contributed by atoms with Crippen molar-refractivity contribution in [2.75, 3.05) is 5.32 Å². The number of rotatable bonds is 3. The van der Waals surface area contributed by atoms with Gasteiger partial charge in [0.2, 0.25) is 5.95 Å². The molecular formula is C17H13N5O3. The van der Waals surface area contributed by atoms with E-state index in [1.54, 1.807) is 22.7 Å². The molecule has 0 atom stereocenters. The summed E-state index contributed by atoms with van der Waals surface area (Å²) < 4.78 is 1.77. The standard InChI is InChI=1S/C17H13N5O3/c1-9-4-3-7-22-8-12(18-14(9)22)15(23)21-17-19-11-6-2-5-10(16(24)25)13(11)20-17/h2-8H,1H3,(H,24,25)(H2,19,20,21,23). The van der Waals surface area contributed by atoms with Gasteiger partial charge in [-0.15, -0.1) is 0 Å². The summed E-state index contributed by atoms with van der Waals surface area (Å²) in [5.41, 5.74) is 2.78. The molecule has 0 bridgehead atoms. The van der Waals surface area contributed by atoms with Crippen LogP contribution in [0.25, 0.3) is 16.7 Å². The van der Waals surface area contributed by atoms with Crippen LogP contribution in [0.4, 0.5) is 5.95 Å². The number of H-pyrrole nitrogens is 1. The van der Waals surface area contributed by atoms with E-state index in [1.165, 1.54) is 6.07 Å². The molecule has 1 aromatic carbocycles. The fraction of sp³-hybridized carbons (Fsp3) is 0.0588. The van der Waals surface area contributed by atoms with Crippen molar-refractivity contribution in [2.45, 2.75) is 6.92 Å². The number of anilines is 1. The van der Waals surface area contributed by atoms with Gasteiger partial charge in [0.15, 0.2) is 0 Å². The highest BCUT2D eigenvalue weighted by atomic mass is 16.4. The zero-order valence-electron chi connectivity index (χ0n) is 13.1. The average molecular weight is 335 g/mol. The molecule has 0 aliphatic carbocycles. The summed E-state index contributed by atoms with van der Waals surface area (Å²) in [7, 11) is 0. The van der Waals surface area contributed by atoms with Crippen molar-refractivity contribution in [1.29, 1.82) is 0 Å². The van der Waals surface area contributed by atoms with Crippen LogP contribution in [0.3, 0.4) is 0 Å². The Balaban J connectivity index is 1.68. The number of nitrogens with one attached hydrogen (secondary N) is 2. The molecule has 0 fully saturated rings. The summed E-state index contributed by atoms with van der Waals surface area (Å²) in [5, 5.41) is 11.8. The number of carboxylic acid groups (broad SMARTS) is 1. The third-order valence-corrected chi connectivity index (χ3v) is 3.89. The summed E-state index contributed by atoms with van der Waals surface area (Å²) in [6.07, 6.45) is 3.44. The maximum Gasteiger partial charge on any atom is 0.337 e. The highest BCUT2D eigenvalue weighted by molar-refractivity contribution is 6.05. The Morgan fingerprint density at radius 3 is 2.80 bits per heavy atom. The van der Waals surface area contributed by atoms with Gasteiger partial charge in [-0.1, -0.05) is 12.1 Å². The fourth-order valence-electron chi connectivity index (χ4n) is 2.70. The molecule has 0 spiro atoms. The number of carboxylic acids is 1. The molecule has 25 heavy (non-hydrogen) atoms. The smallest absolute Gasteiger partial charge is 0.337 e. The van der Waals surface area contributed by atoms with Gasteiger partial charge in [0.05, 0.1) is 11.1 Å². The number of aromatic carboxylic acids is 1. The van der Waals surface area contributed by atoms with E-state index in [1.807, 2.05) is 25.3 Å². The molecule has 3 aromatic heterocycles. The Morgan fingerprint density at radius 1 is 1.20 bits per heavy atom. The van der Waals surface area contributed by atoms with Crippen LogP contribution in [0.15, 0.2) is 42.7 Å². The first-order chi connectivity index (χ1) is 12.0. The number of aromatic amines is 1. The lowest BCUT2D eigenvalue weighted by Gasteiger charge is -1.97. The summed E-state index contributed by atoms with van der Waals surface area (Å²) in [5.74, 6) is -1.34. The molecule has 3 N–H and O–H groups in total. The second-order valence-electron chi connectivity index (χ2n) is 5.59. The number of imidazole rings is 2. The third kappa shape index (κ3) is 2.49. The third-order valence-electron chi connectivity index (χ3n) is 3.89. The predicted octanol–water partition coefficient (Wildman–Crippen LogP) is 2.47. The summed E-state index contributed by atoms with van der Waals surface area (Å²) in [6, 6.07) is 8.55. The molecule has 0 aliphatic heterocycles. The number of benzene rings is 1. The first kappa shape index (κ1) is 14.9. The molecular weight excluding hydrogens is 322 g/mol. The second-order valence-corrected chi connectivity index (χ2v) is 5.59. The molecule has 4 aromatic rings. The number of pyridine rings is 1. The Morgan fingerprint density at radius 2 is 2.04 bits per heavy atom. The lowest BCUT2D eigenvalue weighted by molar-refractivity contribution is 0.0698. The van der Waals surface area contributed by atoms with Crippen LogP contribution >= 0.6 is 0 Å². The van der Waals surface area contributed by atoms with Gasteiger partial charge in [0.1, 0.15) is 16.9 Å². The number of nitrogens with zero attached hydrogens (tertiary/aromatic N) is 3. The zero-order valence-corrected chi connectivity index (χ0v) is 13.1. The van der Waals surface area contributed by atoms with E-state index >= 15 is 0 Å². The van der Waals surface area contributed by atoms with Crippen molar-refractivity contribution in [3.05, 3.63) is 59.5 Å². The average Bonchev–Trinajstić information content (AvgIpc) is 3.18. The number of aromatic nitrogens is 4. The second kappa shape index (κ2) is 5.45. The minimum absolute atomic E-state index is 0.0672. The van der Waals surface area contributed by atoms with Crippen molar-refractivity contribution in [2.24, 2.45) is 0 Å². The maximum absolute atomic E-state index is 12.4. The highest BCUT2D eigenvalue weighted by Gasteiger charge is 2.16. The molecule has 4 rings (SSSR count). The van der Waals surface area contributed by atoms with Gasteiger partial charge in [-0.3, -0.25) is 10.1 Å². The lowest BCUT2D eigenvalue weighted by atomic mass is 10.2. The van der Waals surface area contributed by atoms with Crippen LogP contribution in [-0.4, -0.2) is 36.3 Å². The number of carbonyl (C=O) groups excluding carboxylic acids is 1. The van der Waals surface area contributed by atoms with Gasteiger partial charge in [-0.2, -0.15) is 0 Å². The maximum atomic E-state index is 12.4. The summed E-state index contributed by atoms with van der Waals surface area (Å²) in [6.45, 7) is 1.91. The molecule has 0 saturated carbocycles. The van der Waals surface area contributed by atoms with Gasteiger partial charge >= 0.3 is 5.97 Å². The van der Waals surface area contributed by atoms with Crippen molar-refractivity contribution in [3.63, 3.8) is 0 Å². The normalized spacial score (nSPS) is 11.1. The molecule has 0 saturated heterocycles. The highest BCUT2D eigenvalue weighted by Crippen LogP contribution is 2.19. The van der Waals surface area contributed by atoms with Crippen molar-refractivity contribution in [1.82, 2.24) is 19.4 Å². The van der Waals surface area contributed by atoms with Gasteiger partial charge < -0.3 is 14.5 Å². The van der Waals surface area contributed by atoms with E-state index in [2.05, 4.69) is 20.3 Å². The summed E-state index contributed by atoms with van der Waals surface area (Å²) >= 11 is 0. The SMILES string of the molecule is Cc1cccn2cc(C(=O)Nc3nc4c(C(=O)O)cccc4[nH]3)nc12. The Hall–Kier alpha value is -3.68. The fourth-order valence-corrected chi connectivity index (χ4v) is 2.70. The molecule has 0 aliphatic rings. The van der Waals surface area contributed by atoms with Crippen LogP contribution in [-0.2, 0) is 0 Å². The molecule has 0 radical (unpaired) electrons. The van der Waals surface area contributed by atoms with E-state index < -0.39 is 11.9 Å². The molecule has 0 unspecified atom stereocenters. The number of aryl methyl sites for hydroxylation is 1. The number of hydrogen-bond donors (Lipinski definition) is 3. The van der Waals surface area contributed by atoms with E-state index in [9.17, 15) is 14.7 Å². The van der Waals surface area contributed by atoms with Gasteiger partial charge in [-0.25, -0.2) is 14.8 Å². The van der Waals surface area contributed by atoms with Crippen LogP contribution < -0.4 is 5.32 Å². The molecule has 8 nitrogen and oxygen atoms in total. The number of para-hydroxylation sites is 1. The Kier molecular flexibility index (Phi) is 3.24. The molecule has 3 heterocycles. The molecule has 124 valence electrons. The van der Waals surface area contributed by atoms with Crippen molar-refractivity contribution in [3.8, 4) is 0 Å². The number of amides is 1. The minimum atomic E-state index is -1.08. The van der Waals surface area contributed by atoms with Gasteiger partial charge in [0.25, 0.3) is 5.91 Å². The predicted molar refractivity (Wildman–Crippen MR) is 90.9 cm³/mol. The first-order valence-corrected chi connectivity index (χ1v) is 7.50. The Labute approximate surface area is 141 Å². The van der Waals surface area contributed by atoms with Gasteiger partial charge in [0, 0.05) is 12.4 Å². The van der Waals surface area contributed by atoms with Crippen molar-refractivity contribution >= 4 is 34.5 Å². The first-order valence-electron chi connectivity index (χ1n) is 7.50. The van der Waals surface area contributed by atoms with E-state index in [0.29, 0.717) is 11.2 Å². The zero-order chi connectivity index (χ0) is 17.6.